The Hall–Kier alpha value is -8.86. The zero-order chi connectivity index (χ0) is 43.6. The zero-order valence-electron chi connectivity index (χ0n) is 35.8. The van der Waals surface area contributed by atoms with Crippen molar-refractivity contribution in [2.24, 2.45) is 0 Å². The van der Waals surface area contributed by atoms with Gasteiger partial charge in [-0.25, -0.2) is 0 Å². The number of furan rings is 2. The van der Waals surface area contributed by atoms with Gasteiger partial charge in [-0.1, -0.05) is 140 Å². The van der Waals surface area contributed by atoms with E-state index >= 15 is 0 Å². The quantitative estimate of drug-likeness (QED) is 0.143. The van der Waals surface area contributed by atoms with Gasteiger partial charge in [0.15, 0.2) is 0 Å². The first-order valence-electron chi connectivity index (χ1n) is 22.4. The number of para-hydroxylation sites is 3. The molecule has 0 aliphatic heterocycles. The van der Waals surface area contributed by atoms with E-state index in [-0.39, 0.29) is 0 Å². The molecule has 0 N–H and O–H groups in total. The highest BCUT2D eigenvalue weighted by atomic mass is 16.3. The van der Waals surface area contributed by atoms with Crippen LogP contribution in [0.4, 0.5) is 34.1 Å². The van der Waals surface area contributed by atoms with Crippen LogP contribution in [0.2, 0.25) is 0 Å². The molecule has 11 aromatic carbocycles. The van der Waals surface area contributed by atoms with E-state index in [0.29, 0.717) is 0 Å². The van der Waals surface area contributed by atoms with Crippen LogP contribution in [-0.2, 0) is 0 Å². The Morgan fingerprint density at radius 3 is 1.39 bits per heavy atom. The van der Waals surface area contributed by atoms with Crippen LogP contribution in [-0.4, -0.2) is 0 Å². The molecule has 0 saturated heterocycles. The van der Waals surface area contributed by atoms with E-state index in [9.17, 15) is 0 Å². The Bertz CT molecular complexity index is 3960. The smallest absolute Gasteiger partial charge is 0.136 e. The number of hydrogen-bond acceptors (Lipinski definition) is 4. The lowest BCUT2D eigenvalue weighted by Crippen LogP contribution is -2.13. The van der Waals surface area contributed by atoms with Gasteiger partial charge in [-0.3, -0.25) is 0 Å². The van der Waals surface area contributed by atoms with E-state index in [1.807, 2.05) is 24.3 Å². The van der Waals surface area contributed by atoms with Crippen LogP contribution in [0.25, 0.3) is 87.7 Å². The minimum Gasteiger partial charge on any atom is -0.456 e. The summed E-state index contributed by atoms with van der Waals surface area (Å²) in [4.78, 5) is 4.73. The Labute approximate surface area is 381 Å². The summed E-state index contributed by atoms with van der Waals surface area (Å²) >= 11 is 0. The van der Waals surface area contributed by atoms with Gasteiger partial charge in [0, 0.05) is 55.7 Å². The van der Waals surface area contributed by atoms with Crippen molar-refractivity contribution in [3.05, 3.63) is 243 Å². The van der Waals surface area contributed by atoms with E-state index in [2.05, 4.69) is 228 Å². The Balaban J connectivity index is 0.988. The van der Waals surface area contributed by atoms with E-state index in [0.717, 1.165) is 89.0 Å². The first-order valence-corrected chi connectivity index (χ1v) is 22.4. The third-order valence-electron chi connectivity index (χ3n) is 13.0. The summed E-state index contributed by atoms with van der Waals surface area (Å²) in [6.45, 7) is 0. The van der Waals surface area contributed by atoms with Crippen molar-refractivity contribution in [2.45, 2.75) is 0 Å². The van der Waals surface area contributed by atoms with Crippen molar-refractivity contribution in [3.63, 3.8) is 0 Å². The number of anilines is 6. The van der Waals surface area contributed by atoms with Crippen molar-refractivity contribution < 1.29 is 8.83 Å². The third-order valence-corrected chi connectivity index (χ3v) is 13.0. The first kappa shape index (κ1) is 37.7. The Kier molecular flexibility index (Phi) is 8.81. The molecule has 0 fully saturated rings. The fourth-order valence-corrected chi connectivity index (χ4v) is 9.83. The van der Waals surface area contributed by atoms with Crippen molar-refractivity contribution in [1.29, 1.82) is 0 Å². The summed E-state index contributed by atoms with van der Waals surface area (Å²) in [5.74, 6) is 0. The predicted molar refractivity (Wildman–Crippen MR) is 276 cm³/mol. The fraction of sp³-hybridized carbons (Fsp3) is 0. The lowest BCUT2D eigenvalue weighted by molar-refractivity contribution is 0.668. The van der Waals surface area contributed by atoms with E-state index in [4.69, 9.17) is 8.83 Å². The van der Waals surface area contributed by atoms with Gasteiger partial charge in [-0.15, -0.1) is 0 Å². The normalized spacial score (nSPS) is 11.6. The summed E-state index contributed by atoms with van der Waals surface area (Å²) in [5, 5.41) is 9.07. The van der Waals surface area contributed by atoms with Crippen LogP contribution in [0.3, 0.4) is 0 Å². The van der Waals surface area contributed by atoms with Crippen molar-refractivity contribution in [3.8, 4) is 22.3 Å². The molecule has 310 valence electrons. The van der Waals surface area contributed by atoms with Gasteiger partial charge >= 0.3 is 0 Å². The summed E-state index contributed by atoms with van der Waals surface area (Å²) in [5.41, 5.74) is 14.5. The van der Waals surface area contributed by atoms with Gasteiger partial charge in [0.25, 0.3) is 0 Å². The van der Waals surface area contributed by atoms with Gasteiger partial charge in [0.05, 0.1) is 0 Å². The monoisotopic (exact) mass is 844 g/mol. The van der Waals surface area contributed by atoms with Crippen LogP contribution >= 0.6 is 0 Å². The molecular formula is C62H40N2O2. The lowest BCUT2D eigenvalue weighted by atomic mass is 9.98. The van der Waals surface area contributed by atoms with Gasteiger partial charge in [0.1, 0.15) is 22.3 Å². The second-order valence-electron chi connectivity index (χ2n) is 16.9. The van der Waals surface area contributed by atoms with Crippen LogP contribution in [0.1, 0.15) is 0 Å². The topological polar surface area (TPSA) is 32.8 Å². The average molecular weight is 845 g/mol. The summed E-state index contributed by atoms with van der Waals surface area (Å²) < 4.78 is 12.7. The third kappa shape index (κ3) is 6.46. The van der Waals surface area contributed by atoms with E-state index < -0.39 is 0 Å². The number of rotatable bonds is 8. The average Bonchev–Trinajstić information content (AvgIpc) is 3.94. The largest absolute Gasteiger partial charge is 0.456 e. The van der Waals surface area contributed by atoms with Gasteiger partial charge < -0.3 is 18.6 Å². The molecule has 13 rings (SSSR count). The number of nitrogens with zero attached hydrogens (tertiary/aromatic N) is 2. The highest BCUT2D eigenvalue weighted by Gasteiger charge is 2.20. The van der Waals surface area contributed by atoms with Crippen LogP contribution < -0.4 is 9.80 Å². The molecule has 0 unspecified atom stereocenters. The number of benzene rings is 11. The number of hydrogen-bond donors (Lipinski definition) is 0. The van der Waals surface area contributed by atoms with Crippen molar-refractivity contribution in [2.75, 3.05) is 9.80 Å². The summed E-state index contributed by atoms with van der Waals surface area (Å²) in [6.07, 6.45) is 0. The van der Waals surface area contributed by atoms with Crippen molar-refractivity contribution in [1.82, 2.24) is 0 Å². The molecule has 0 saturated carbocycles. The SMILES string of the molecule is c1ccc(-c2cccc(-c3cccc(N(c4ccccc4)c4cccc(N(c5ccc6ccc7cc8oc9ccccc9c8cc7c6c5)c5ccc6oc7ccccc7c6c5)c4)c3)c2)cc1. The van der Waals surface area contributed by atoms with Crippen LogP contribution in [0, 0.1) is 0 Å². The molecule has 0 bridgehead atoms. The molecule has 0 amide bonds. The minimum absolute atomic E-state index is 0.860. The molecule has 66 heavy (non-hydrogen) atoms. The second-order valence-corrected chi connectivity index (χ2v) is 16.9. The maximum atomic E-state index is 6.35. The van der Waals surface area contributed by atoms with E-state index in [1.165, 1.54) is 32.8 Å². The molecule has 4 heteroatoms. The van der Waals surface area contributed by atoms with E-state index in [1.54, 1.807) is 0 Å². The molecule has 0 spiro atoms. The van der Waals surface area contributed by atoms with Crippen LogP contribution in [0.15, 0.2) is 251 Å². The first-order chi connectivity index (χ1) is 32.7. The predicted octanol–water partition coefficient (Wildman–Crippen LogP) is 18.1. The highest BCUT2D eigenvalue weighted by Crippen LogP contribution is 2.44. The lowest BCUT2D eigenvalue weighted by Gasteiger charge is -2.30. The molecule has 0 atom stereocenters. The minimum atomic E-state index is 0.860. The van der Waals surface area contributed by atoms with Gasteiger partial charge in [-0.2, -0.15) is 0 Å². The molecule has 4 nitrogen and oxygen atoms in total. The molecule has 0 aliphatic rings. The van der Waals surface area contributed by atoms with Gasteiger partial charge in [0.2, 0.25) is 0 Å². The molecular weight excluding hydrogens is 805 g/mol. The number of fused-ring (bicyclic) bond motifs is 9. The summed E-state index contributed by atoms with van der Waals surface area (Å²) in [6, 6.07) is 86.7. The molecule has 0 radical (unpaired) electrons. The molecule has 2 heterocycles. The maximum absolute atomic E-state index is 6.35. The highest BCUT2D eigenvalue weighted by molar-refractivity contribution is 6.17. The second kappa shape index (κ2) is 15.4. The fourth-order valence-electron chi connectivity index (χ4n) is 9.83. The Morgan fingerprint density at radius 1 is 0.212 bits per heavy atom. The molecule has 0 aliphatic carbocycles. The standard InChI is InChI=1S/C62H40N2O2/c1-3-14-41(15-4-1)43-16-11-17-44(34-43)45-18-12-21-48(35-45)63(47-19-5-2-6-20-47)49-22-13-23-50(37-49)64(52-32-33-61-57(39-52)53-24-7-9-26-59(53)65-61)51-31-30-42-28-29-46-36-62-58(40-56(46)55(42)38-51)54-25-8-10-27-60(54)66-62/h1-40H. The molecule has 13 aromatic rings. The van der Waals surface area contributed by atoms with Crippen molar-refractivity contribution >= 4 is 99.5 Å². The Morgan fingerprint density at radius 2 is 0.652 bits per heavy atom. The van der Waals surface area contributed by atoms with Gasteiger partial charge in [-0.05, 0) is 147 Å². The summed E-state index contributed by atoms with van der Waals surface area (Å²) in [7, 11) is 0. The van der Waals surface area contributed by atoms with Crippen LogP contribution in [0.5, 0.6) is 0 Å². The maximum Gasteiger partial charge on any atom is 0.136 e. The molecule has 2 aromatic heterocycles. The zero-order valence-corrected chi connectivity index (χ0v) is 35.8.